The second-order valence-corrected chi connectivity index (χ2v) is 9.52. The van der Waals surface area contributed by atoms with Gasteiger partial charge in [0.05, 0.1) is 32.3 Å². The zero-order valence-corrected chi connectivity index (χ0v) is 23.0. The third-order valence-corrected chi connectivity index (χ3v) is 6.63. The number of carbonyl (C=O) groups excluding carboxylic acids is 1. The van der Waals surface area contributed by atoms with E-state index in [0.717, 1.165) is 21.8 Å². The van der Waals surface area contributed by atoms with E-state index >= 15 is 0 Å². The second kappa shape index (κ2) is 14.8. The minimum atomic E-state index is -0.945. The van der Waals surface area contributed by atoms with E-state index in [9.17, 15) is 20.0 Å². The summed E-state index contributed by atoms with van der Waals surface area (Å²) >= 11 is 0. The molecule has 1 unspecified atom stereocenters. The number of aliphatic hydroxyl groups is 1. The number of nitrogens with one attached hydrogen (secondary N) is 1. The van der Waals surface area contributed by atoms with E-state index in [-0.39, 0.29) is 45.2 Å². The summed E-state index contributed by atoms with van der Waals surface area (Å²) < 4.78 is 17.2. The first-order chi connectivity index (χ1) is 20.0. The molecular weight excluding hydrogens is 530 g/mol. The highest BCUT2D eigenvalue weighted by Crippen LogP contribution is 2.33. The predicted octanol–water partition coefficient (Wildman–Crippen LogP) is 4.75. The average Bonchev–Trinajstić information content (AvgIpc) is 3.36. The van der Waals surface area contributed by atoms with Crippen LogP contribution in [-0.4, -0.2) is 72.1 Å². The van der Waals surface area contributed by atoms with Crippen molar-refractivity contribution in [3.63, 3.8) is 0 Å². The fourth-order valence-corrected chi connectivity index (χ4v) is 4.66. The van der Waals surface area contributed by atoms with Crippen LogP contribution >= 0.6 is 0 Å². The van der Waals surface area contributed by atoms with Crippen molar-refractivity contribution in [2.75, 3.05) is 40.0 Å². The largest absolute Gasteiger partial charge is 0.493 e. The Morgan fingerprint density at radius 1 is 0.927 bits per heavy atom. The molecule has 1 aromatic heterocycles. The molecule has 11 heteroatoms. The van der Waals surface area contributed by atoms with Gasteiger partial charge in [0, 0.05) is 22.7 Å². The molecule has 2 N–H and O–H groups in total. The van der Waals surface area contributed by atoms with Crippen molar-refractivity contribution in [1.82, 2.24) is 9.88 Å². The van der Waals surface area contributed by atoms with Gasteiger partial charge < -0.3 is 34.0 Å². The summed E-state index contributed by atoms with van der Waals surface area (Å²) in [5.74, 6) is 1.64. The maximum atomic E-state index is 13.1. The third kappa shape index (κ3) is 8.24. The molecule has 0 spiro atoms. The van der Waals surface area contributed by atoms with Gasteiger partial charge in [-0.2, -0.15) is 0 Å². The van der Waals surface area contributed by atoms with Gasteiger partial charge in [0.15, 0.2) is 11.5 Å². The first-order valence-electron chi connectivity index (χ1n) is 13.6. The summed E-state index contributed by atoms with van der Waals surface area (Å²) in [6, 6.07) is 20.9. The van der Waals surface area contributed by atoms with Crippen molar-refractivity contribution in [3.8, 4) is 17.2 Å². The third-order valence-electron chi connectivity index (χ3n) is 6.63. The lowest BCUT2D eigenvalue weighted by atomic mass is 10.1. The maximum Gasteiger partial charge on any atom is 0.294 e. The molecule has 0 bridgehead atoms. The Hall–Kier alpha value is -4.51. The summed E-state index contributed by atoms with van der Waals surface area (Å²) in [6.45, 7) is 0.495. The van der Waals surface area contributed by atoms with E-state index in [1.54, 1.807) is 24.1 Å². The molecule has 1 heterocycles. The van der Waals surface area contributed by atoms with Crippen molar-refractivity contribution < 1.29 is 34.0 Å². The van der Waals surface area contributed by atoms with E-state index in [2.05, 4.69) is 9.82 Å². The lowest BCUT2D eigenvalue weighted by molar-refractivity contribution is -0.757. The van der Waals surface area contributed by atoms with Crippen molar-refractivity contribution in [3.05, 3.63) is 76.8 Å². The van der Waals surface area contributed by atoms with E-state index < -0.39 is 11.2 Å². The summed E-state index contributed by atoms with van der Waals surface area (Å²) in [6.07, 6.45) is 0.903. The Morgan fingerprint density at radius 2 is 1.66 bits per heavy atom. The fourth-order valence-electron chi connectivity index (χ4n) is 4.66. The zero-order valence-electron chi connectivity index (χ0n) is 23.0. The number of carbonyl (C=O) groups is 1. The molecule has 218 valence electrons. The monoisotopic (exact) mass is 565 g/mol. The predicted molar refractivity (Wildman–Crippen MR) is 154 cm³/mol. The number of rotatable bonds is 17. The van der Waals surface area contributed by atoms with Crippen molar-refractivity contribution >= 4 is 27.7 Å². The van der Waals surface area contributed by atoms with E-state index in [4.69, 9.17) is 14.2 Å². The summed E-state index contributed by atoms with van der Waals surface area (Å²) in [5.41, 5.74) is 1.93. The first-order valence-corrected chi connectivity index (χ1v) is 13.6. The van der Waals surface area contributed by atoms with Gasteiger partial charge in [-0.15, -0.1) is 10.1 Å². The van der Waals surface area contributed by atoms with Gasteiger partial charge >= 0.3 is 0 Å². The quantitative estimate of drug-likeness (QED) is 0.106. The summed E-state index contributed by atoms with van der Waals surface area (Å²) in [5, 5.41) is 22.3. The fraction of sp³-hybridized carbons (Fsp3) is 0.367. The number of H-pyrrole nitrogens is 1. The molecule has 1 amide bonds. The van der Waals surface area contributed by atoms with Gasteiger partial charge in [0.1, 0.15) is 25.1 Å². The van der Waals surface area contributed by atoms with Crippen LogP contribution in [0.25, 0.3) is 21.8 Å². The van der Waals surface area contributed by atoms with Gasteiger partial charge in [-0.1, -0.05) is 42.8 Å². The molecule has 1 atom stereocenters. The van der Waals surface area contributed by atoms with Gasteiger partial charge in [0.2, 0.25) is 5.91 Å². The smallest absolute Gasteiger partial charge is 0.294 e. The van der Waals surface area contributed by atoms with Crippen LogP contribution in [0.2, 0.25) is 0 Å². The normalized spacial score (nSPS) is 11.8. The van der Waals surface area contributed by atoms with Crippen molar-refractivity contribution in [1.29, 1.82) is 0 Å². The van der Waals surface area contributed by atoms with Gasteiger partial charge in [-0.3, -0.25) is 4.79 Å². The van der Waals surface area contributed by atoms with E-state index in [0.29, 0.717) is 36.5 Å². The van der Waals surface area contributed by atoms with Crippen molar-refractivity contribution in [2.45, 2.75) is 31.8 Å². The van der Waals surface area contributed by atoms with Crippen LogP contribution in [0.5, 0.6) is 17.2 Å². The van der Waals surface area contributed by atoms with Crippen LogP contribution in [-0.2, 0) is 9.63 Å². The molecule has 11 nitrogen and oxygen atoms in total. The number of nitrogens with zero attached hydrogens (tertiary/aromatic N) is 2. The summed E-state index contributed by atoms with van der Waals surface area (Å²) in [7, 11) is 1.56. The average molecular weight is 566 g/mol. The number of methoxy groups -OCH3 is 1. The highest BCUT2D eigenvalue weighted by Gasteiger charge is 2.19. The Morgan fingerprint density at radius 3 is 2.46 bits per heavy atom. The minimum absolute atomic E-state index is 0.00309. The molecule has 4 aromatic rings. The highest BCUT2D eigenvalue weighted by molar-refractivity contribution is 6.10. The number of amides is 1. The van der Waals surface area contributed by atoms with Crippen LogP contribution in [0.3, 0.4) is 0 Å². The number of hydrogen-bond donors (Lipinski definition) is 2. The van der Waals surface area contributed by atoms with Crippen molar-refractivity contribution in [2.24, 2.45) is 0 Å². The van der Waals surface area contributed by atoms with Crippen LogP contribution in [0.1, 0.15) is 25.7 Å². The number of fused-ring (bicyclic) bond motifs is 3. The Bertz CT molecular complexity index is 1440. The van der Waals surface area contributed by atoms with E-state index in [1.165, 1.54) is 0 Å². The lowest BCUT2D eigenvalue weighted by Crippen LogP contribution is -2.41. The number of aromatic amines is 1. The molecule has 0 radical (unpaired) electrons. The number of benzene rings is 3. The molecule has 0 aliphatic heterocycles. The van der Waals surface area contributed by atoms with Gasteiger partial charge in [0.25, 0.3) is 5.09 Å². The Kier molecular flexibility index (Phi) is 10.6. The van der Waals surface area contributed by atoms with Gasteiger partial charge in [-0.25, -0.2) is 0 Å². The zero-order chi connectivity index (χ0) is 29.0. The Labute approximate surface area is 237 Å². The second-order valence-electron chi connectivity index (χ2n) is 9.52. The molecule has 3 aromatic carbocycles. The number of para-hydroxylation sites is 3. The topological polar surface area (TPSA) is 136 Å². The molecule has 0 saturated carbocycles. The number of aliphatic hydroxyl groups excluding tert-OH is 1. The van der Waals surface area contributed by atoms with E-state index in [1.807, 2.05) is 54.6 Å². The SMILES string of the molecule is COc1ccccc1OCCN(CC(O)COc1cccc2[nH]c3ccccc3c12)C(=O)CCCCCO[N+](=O)[O-]. The maximum absolute atomic E-state index is 13.1. The molecular formula is C30H35N3O8. The molecule has 4 rings (SSSR count). The standard InChI is InChI=1S/C30H35N3O8/c1-38-26-13-6-7-14-27(26)39-19-17-32(29(35)16-3-2-8-18-41-33(36)37)20-22(34)21-40-28-15-9-12-25-30(28)23-10-4-5-11-24(23)31-25/h4-7,9-15,22,31,34H,2-3,8,16-21H2,1H3. The Balaban J connectivity index is 1.36. The first kappa shape index (κ1) is 29.5. The lowest BCUT2D eigenvalue weighted by Gasteiger charge is -2.26. The minimum Gasteiger partial charge on any atom is -0.493 e. The molecule has 0 fully saturated rings. The van der Waals surface area contributed by atoms with Crippen LogP contribution in [0.4, 0.5) is 0 Å². The highest BCUT2D eigenvalue weighted by atomic mass is 16.9. The molecule has 41 heavy (non-hydrogen) atoms. The van der Waals surface area contributed by atoms with Gasteiger partial charge in [-0.05, 0) is 43.2 Å². The molecule has 0 aliphatic rings. The number of ether oxygens (including phenoxy) is 3. The molecule has 0 aliphatic carbocycles. The molecule has 0 saturated heterocycles. The number of unbranched alkanes of at least 4 members (excludes halogenated alkanes) is 2. The van der Waals surface area contributed by atoms with Crippen LogP contribution in [0, 0.1) is 10.1 Å². The number of aromatic nitrogens is 1. The number of hydrogen-bond acceptors (Lipinski definition) is 8. The summed E-state index contributed by atoms with van der Waals surface area (Å²) in [4.78, 5) is 32.6. The van der Waals surface area contributed by atoms with Crippen LogP contribution in [0.15, 0.2) is 66.7 Å². The van der Waals surface area contributed by atoms with Crippen LogP contribution < -0.4 is 14.2 Å².